The van der Waals surface area contributed by atoms with Crippen LogP contribution in [-0.2, 0) is 0 Å². The zero-order chi connectivity index (χ0) is 11.7. The monoisotopic (exact) mass is 227 g/mol. The first-order valence-electron chi connectivity index (χ1n) is 6.38. The Balaban J connectivity index is 1.96. The Morgan fingerprint density at radius 2 is 2.00 bits per heavy atom. The number of benzene rings is 1. The summed E-state index contributed by atoms with van der Waals surface area (Å²) in [6.45, 7) is 4.19. The summed E-state index contributed by atoms with van der Waals surface area (Å²) in [5, 5.41) is 12.4. The molecule has 0 radical (unpaired) electrons. The molecule has 3 nitrogen and oxygen atoms in total. The molecule has 17 heavy (non-hydrogen) atoms. The molecule has 0 amide bonds. The van der Waals surface area contributed by atoms with Crippen LogP contribution in [-0.4, -0.2) is 26.2 Å². The Labute approximate surface area is 102 Å². The SMILES string of the molecule is N#Cc1ccc(C2CC2)c(N2CCNCC2)c1. The lowest BCUT2D eigenvalue weighted by atomic mass is 10.0. The Morgan fingerprint density at radius 1 is 1.24 bits per heavy atom. The molecule has 0 aromatic heterocycles. The van der Waals surface area contributed by atoms with Crippen molar-refractivity contribution in [2.45, 2.75) is 18.8 Å². The normalized spacial score (nSPS) is 20.1. The second kappa shape index (κ2) is 4.38. The lowest BCUT2D eigenvalue weighted by Gasteiger charge is -2.31. The van der Waals surface area contributed by atoms with Crippen molar-refractivity contribution in [2.24, 2.45) is 0 Å². The molecule has 2 fully saturated rings. The second-order valence-corrected chi connectivity index (χ2v) is 4.90. The third kappa shape index (κ3) is 2.13. The van der Waals surface area contributed by atoms with Crippen molar-refractivity contribution < 1.29 is 0 Å². The Morgan fingerprint density at radius 3 is 2.65 bits per heavy atom. The van der Waals surface area contributed by atoms with E-state index in [2.05, 4.69) is 28.4 Å². The summed E-state index contributed by atoms with van der Waals surface area (Å²) in [6.07, 6.45) is 2.62. The molecule has 1 saturated carbocycles. The van der Waals surface area contributed by atoms with Gasteiger partial charge in [0.05, 0.1) is 11.6 Å². The van der Waals surface area contributed by atoms with Crippen LogP contribution < -0.4 is 10.2 Å². The molecule has 0 spiro atoms. The van der Waals surface area contributed by atoms with Crippen LogP contribution in [0.3, 0.4) is 0 Å². The van der Waals surface area contributed by atoms with Gasteiger partial charge in [0.25, 0.3) is 0 Å². The molecule has 3 heteroatoms. The molecule has 2 aliphatic rings. The molecule has 1 saturated heterocycles. The standard InChI is InChI=1S/C14H17N3/c15-10-11-1-4-13(12-2-3-12)14(9-11)17-7-5-16-6-8-17/h1,4,9,12,16H,2-3,5-8H2. The van der Waals surface area contributed by atoms with E-state index in [1.807, 2.05) is 6.07 Å². The highest BCUT2D eigenvalue weighted by Crippen LogP contribution is 2.44. The molecule has 1 aliphatic heterocycles. The Hall–Kier alpha value is -1.53. The van der Waals surface area contributed by atoms with E-state index in [1.165, 1.54) is 24.1 Å². The van der Waals surface area contributed by atoms with E-state index >= 15 is 0 Å². The van der Waals surface area contributed by atoms with E-state index in [0.717, 1.165) is 37.7 Å². The predicted octanol–water partition coefficient (Wildman–Crippen LogP) is 1.85. The molecule has 0 unspecified atom stereocenters. The van der Waals surface area contributed by atoms with Crippen molar-refractivity contribution in [3.63, 3.8) is 0 Å². The van der Waals surface area contributed by atoms with Crippen LogP contribution in [0.15, 0.2) is 18.2 Å². The van der Waals surface area contributed by atoms with E-state index in [9.17, 15) is 0 Å². The third-order valence-corrected chi connectivity index (χ3v) is 3.63. The van der Waals surface area contributed by atoms with Gasteiger partial charge in [0, 0.05) is 31.9 Å². The summed E-state index contributed by atoms with van der Waals surface area (Å²) in [6, 6.07) is 8.44. The molecular weight excluding hydrogens is 210 g/mol. The number of rotatable bonds is 2. The first-order chi connectivity index (χ1) is 8.38. The van der Waals surface area contributed by atoms with Gasteiger partial charge in [-0.05, 0) is 36.5 Å². The van der Waals surface area contributed by atoms with Gasteiger partial charge in [0.1, 0.15) is 0 Å². The number of hydrogen-bond acceptors (Lipinski definition) is 3. The fraction of sp³-hybridized carbons (Fsp3) is 0.500. The molecule has 88 valence electrons. The maximum Gasteiger partial charge on any atom is 0.0992 e. The van der Waals surface area contributed by atoms with E-state index in [-0.39, 0.29) is 0 Å². The van der Waals surface area contributed by atoms with Gasteiger partial charge in [0.2, 0.25) is 0 Å². The van der Waals surface area contributed by atoms with Crippen molar-refractivity contribution in [1.29, 1.82) is 5.26 Å². The second-order valence-electron chi connectivity index (χ2n) is 4.90. The summed E-state index contributed by atoms with van der Waals surface area (Å²) < 4.78 is 0. The topological polar surface area (TPSA) is 39.1 Å². The minimum absolute atomic E-state index is 0.743. The first-order valence-corrected chi connectivity index (χ1v) is 6.38. The van der Waals surface area contributed by atoms with Gasteiger partial charge in [-0.15, -0.1) is 0 Å². The van der Waals surface area contributed by atoms with E-state index in [4.69, 9.17) is 5.26 Å². The number of hydrogen-bond donors (Lipinski definition) is 1. The maximum absolute atomic E-state index is 9.02. The minimum atomic E-state index is 0.743. The summed E-state index contributed by atoms with van der Waals surface area (Å²) in [7, 11) is 0. The number of anilines is 1. The molecule has 1 aromatic rings. The predicted molar refractivity (Wildman–Crippen MR) is 68.2 cm³/mol. The Bertz CT molecular complexity index is 451. The van der Waals surface area contributed by atoms with Gasteiger partial charge in [-0.1, -0.05) is 6.07 Å². The van der Waals surface area contributed by atoms with Gasteiger partial charge in [-0.3, -0.25) is 0 Å². The fourth-order valence-corrected chi connectivity index (χ4v) is 2.53. The first kappa shape index (κ1) is 10.6. The van der Waals surface area contributed by atoms with Crippen molar-refractivity contribution in [3.8, 4) is 6.07 Å². The van der Waals surface area contributed by atoms with Crippen LogP contribution in [0, 0.1) is 11.3 Å². The number of piperazine rings is 1. The van der Waals surface area contributed by atoms with E-state index in [0.29, 0.717) is 0 Å². The number of nitrogens with one attached hydrogen (secondary N) is 1. The summed E-state index contributed by atoms with van der Waals surface area (Å²) >= 11 is 0. The zero-order valence-electron chi connectivity index (χ0n) is 9.95. The van der Waals surface area contributed by atoms with Crippen LogP contribution in [0.4, 0.5) is 5.69 Å². The van der Waals surface area contributed by atoms with Gasteiger partial charge < -0.3 is 10.2 Å². The molecule has 1 aromatic carbocycles. The van der Waals surface area contributed by atoms with Gasteiger partial charge in [0.15, 0.2) is 0 Å². The summed E-state index contributed by atoms with van der Waals surface area (Å²) in [5.41, 5.74) is 3.53. The smallest absolute Gasteiger partial charge is 0.0992 e. The Kier molecular flexibility index (Phi) is 2.74. The summed E-state index contributed by atoms with van der Waals surface area (Å²) in [4.78, 5) is 2.42. The lowest BCUT2D eigenvalue weighted by Crippen LogP contribution is -2.43. The van der Waals surface area contributed by atoms with Crippen molar-refractivity contribution in [3.05, 3.63) is 29.3 Å². The maximum atomic E-state index is 9.02. The fourth-order valence-electron chi connectivity index (χ4n) is 2.53. The minimum Gasteiger partial charge on any atom is -0.369 e. The molecule has 3 rings (SSSR count). The van der Waals surface area contributed by atoms with Crippen molar-refractivity contribution in [1.82, 2.24) is 5.32 Å². The highest BCUT2D eigenvalue weighted by molar-refractivity contribution is 5.60. The quantitative estimate of drug-likeness (QED) is 0.838. The number of nitriles is 1. The highest BCUT2D eigenvalue weighted by atomic mass is 15.2. The van der Waals surface area contributed by atoms with Gasteiger partial charge in [-0.25, -0.2) is 0 Å². The number of nitrogens with zero attached hydrogens (tertiary/aromatic N) is 2. The third-order valence-electron chi connectivity index (χ3n) is 3.63. The molecule has 1 heterocycles. The molecule has 0 bridgehead atoms. The molecule has 1 aliphatic carbocycles. The van der Waals surface area contributed by atoms with E-state index < -0.39 is 0 Å². The van der Waals surface area contributed by atoms with Gasteiger partial charge in [-0.2, -0.15) is 5.26 Å². The lowest BCUT2D eigenvalue weighted by molar-refractivity contribution is 0.588. The average molecular weight is 227 g/mol. The van der Waals surface area contributed by atoms with Crippen LogP contribution in [0.25, 0.3) is 0 Å². The molecular formula is C14H17N3. The van der Waals surface area contributed by atoms with Gasteiger partial charge >= 0.3 is 0 Å². The summed E-state index contributed by atoms with van der Waals surface area (Å²) in [5.74, 6) is 0.743. The molecule has 0 atom stereocenters. The molecule has 1 N–H and O–H groups in total. The van der Waals surface area contributed by atoms with Crippen LogP contribution >= 0.6 is 0 Å². The van der Waals surface area contributed by atoms with Crippen LogP contribution in [0.1, 0.15) is 29.9 Å². The van der Waals surface area contributed by atoms with Crippen molar-refractivity contribution in [2.75, 3.05) is 31.1 Å². The van der Waals surface area contributed by atoms with Crippen LogP contribution in [0.5, 0.6) is 0 Å². The largest absolute Gasteiger partial charge is 0.369 e. The highest BCUT2D eigenvalue weighted by Gasteiger charge is 2.28. The van der Waals surface area contributed by atoms with E-state index in [1.54, 1.807) is 0 Å². The average Bonchev–Trinajstić information content (AvgIpc) is 3.23. The van der Waals surface area contributed by atoms with Crippen molar-refractivity contribution >= 4 is 5.69 Å². The van der Waals surface area contributed by atoms with Crippen LogP contribution in [0.2, 0.25) is 0 Å². The zero-order valence-corrected chi connectivity index (χ0v) is 9.95.